The van der Waals surface area contributed by atoms with Gasteiger partial charge in [-0.1, -0.05) is 30.3 Å². The van der Waals surface area contributed by atoms with Crippen LogP contribution in [0.15, 0.2) is 54.9 Å². The Morgan fingerprint density at radius 2 is 1.96 bits per heavy atom. The number of nitrogens with one attached hydrogen (secondary N) is 1. The van der Waals surface area contributed by atoms with Crippen LogP contribution in [0.25, 0.3) is 21.6 Å². The lowest BCUT2D eigenvalue weighted by molar-refractivity contribution is 0.0954. The molecule has 1 amide bonds. The molecule has 3 aromatic heterocycles. The summed E-state index contributed by atoms with van der Waals surface area (Å²) >= 11 is 1.43. The van der Waals surface area contributed by atoms with Gasteiger partial charge in [-0.05, 0) is 38.5 Å². The Labute approximate surface area is 168 Å². The monoisotopic (exact) mass is 390 g/mol. The van der Waals surface area contributed by atoms with E-state index in [2.05, 4.69) is 41.0 Å². The summed E-state index contributed by atoms with van der Waals surface area (Å²) in [5, 5.41) is 4.90. The summed E-state index contributed by atoms with van der Waals surface area (Å²) in [5.41, 5.74) is 3.78. The second kappa shape index (κ2) is 7.56. The first-order chi connectivity index (χ1) is 13.5. The molecule has 4 rings (SSSR count). The lowest BCUT2D eigenvalue weighted by Gasteiger charge is -2.07. The van der Waals surface area contributed by atoms with Gasteiger partial charge >= 0.3 is 0 Å². The first kappa shape index (κ1) is 18.4. The topological polar surface area (TPSA) is 59.8 Å². The van der Waals surface area contributed by atoms with Crippen molar-refractivity contribution in [1.82, 2.24) is 19.9 Å². The fraction of sp³-hybridized carbons (Fsp3) is 0.227. The summed E-state index contributed by atoms with van der Waals surface area (Å²) in [6, 6.07) is 14.2. The van der Waals surface area contributed by atoms with E-state index in [1.54, 1.807) is 6.20 Å². The van der Waals surface area contributed by atoms with E-state index in [1.165, 1.54) is 11.3 Å². The molecule has 6 heteroatoms. The van der Waals surface area contributed by atoms with Crippen molar-refractivity contribution >= 4 is 28.3 Å². The number of carbonyl (C=O) groups excluding carboxylic acids is 1. The third-order valence-corrected chi connectivity index (χ3v) is 5.86. The Balaban J connectivity index is 1.65. The number of hydrogen-bond acceptors (Lipinski definition) is 4. The molecule has 28 heavy (non-hydrogen) atoms. The highest BCUT2D eigenvalue weighted by molar-refractivity contribution is 7.17. The Kier molecular flexibility index (Phi) is 4.96. The van der Waals surface area contributed by atoms with Crippen LogP contribution in [0.2, 0.25) is 0 Å². The van der Waals surface area contributed by atoms with E-state index < -0.39 is 0 Å². The van der Waals surface area contributed by atoms with E-state index >= 15 is 0 Å². The van der Waals surface area contributed by atoms with Crippen LogP contribution >= 0.6 is 11.3 Å². The van der Waals surface area contributed by atoms with Gasteiger partial charge in [0.15, 0.2) is 0 Å². The molecule has 0 radical (unpaired) electrons. The standard InChI is InChI=1S/C22H22N4OS/c1-14(2)26-13-18(17-10-7-11-23-20(17)26)22-25-15(3)19(28-22)21(27)24-12-16-8-5-4-6-9-16/h4-11,13-14H,12H2,1-3H3,(H,24,27). The van der Waals surface area contributed by atoms with Crippen molar-refractivity contribution in [2.24, 2.45) is 0 Å². The molecule has 0 aliphatic heterocycles. The highest BCUT2D eigenvalue weighted by Crippen LogP contribution is 2.35. The Bertz CT molecular complexity index is 1130. The van der Waals surface area contributed by atoms with Crippen LogP contribution in [-0.2, 0) is 6.54 Å². The quantitative estimate of drug-likeness (QED) is 0.523. The molecule has 0 saturated carbocycles. The third-order valence-electron chi connectivity index (χ3n) is 4.68. The maximum absolute atomic E-state index is 12.7. The van der Waals surface area contributed by atoms with E-state index in [0.717, 1.165) is 32.9 Å². The average Bonchev–Trinajstić information content (AvgIpc) is 3.28. The first-order valence-corrected chi connectivity index (χ1v) is 10.1. The number of amides is 1. The molecule has 5 nitrogen and oxygen atoms in total. The Hall–Kier alpha value is -2.99. The number of fused-ring (bicyclic) bond motifs is 1. The molecule has 142 valence electrons. The number of aryl methyl sites for hydroxylation is 1. The summed E-state index contributed by atoms with van der Waals surface area (Å²) in [6.45, 7) is 6.65. The summed E-state index contributed by atoms with van der Waals surface area (Å²) < 4.78 is 2.15. The van der Waals surface area contributed by atoms with Crippen molar-refractivity contribution < 1.29 is 4.79 Å². The van der Waals surface area contributed by atoms with Crippen molar-refractivity contribution in [1.29, 1.82) is 0 Å². The number of carbonyl (C=O) groups is 1. The Morgan fingerprint density at radius 1 is 1.18 bits per heavy atom. The van der Waals surface area contributed by atoms with Crippen LogP contribution in [0.5, 0.6) is 0 Å². The largest absolute Gasteiger partial charge is 0.347 e. The maximum Gasteiger partial charge on any atom is 0.263 e. The normalized spacial score (nSPS) is 11.3. The summed E-state index contributed by atoms with van der Waals surface area (Å²) in [6.07, 6.45) is 3.90. The molecule has 0 fully saturated rings. The minimum Gasteiger partial charge on any atom is -0.347 e. The molecule has 0 spiro atoms. The molecular formula is C22H22N4OS. The molecule has 0 aliphatic rings. The van der Waals surface area contributed by atoms with Crippen LogP contribution < -0.4 is 5.32 Å². The summed E-state index contributed by atoms with van der Waals surface area (Å²) in [4.78, 5) is 22.6. The molecule has 4 aromatic rings. The van der Waals surface area contributed by atoms with E-state index in [9.17, 15) is 4.79 Å². The SMILES string of the molecule is Cc1nc(-c2cn(C(C)C)c3ncccc23)sc1C(=O)NCc1ccccc1. The first-order valence-electron chi connectivity index (χ1n) is 9.30. The predicted octanol–water partition coefficient (Wildman–Crippen LogP) is 4.98. The lowest BCUT2D eigenvalue weighted by Crippen LogP contribution is -2.22. The van der Waals surface area contributed by atoms with Crippen molar-refractivity contribution in [2.45, 2.75) is 33.4 Å². The molecule has 1 N–H and O–H groups in total. The average molecular weight is 391 g/mol. The van der Waals surface area contributed by atoms with Gasteiger partial charge in [0, 0.05) is 35.9 Å². The second-order valence-electron chi connectivity index (χ2n) is 7.02. The summed E-state index contributed by atoms with van der Waals surface area (Å²) in [5.74, 6) is -0.0872. The van der Waals surface area contributed by atoms with Gasteiger partial charge in [-0.15, -0.1) is 11.3 Å². The third kappa shape index (κ3) is 3.43. The van der Waals surface area contributed by atoms with Gasteiger partial charge in [0.2, 0.25) is 0 Å². The molecule has 0 saturated heterocycles. The number of aromatic nitrogens is 3. The van der Waals surface area contributed by atoms with Crippen molar-refractivity contribution in [3.05, 3.63) is 71.0 Å². The zero-order valence-corrected chi connectivity index (χ0v) is 17.0. The fourth-order valence-corrected chi connectivity index (χ4v) is 4.23. The minimum atomic E-state index is -0.0872. The molecule has 3 heterocycles. The molecule has 0 atom stereocenters. The fourth-order valence-electron chi connectivity index (χ4n) is 3.23. The number of benzene rings is 1. The van der Waals surface area contributed by atoms with E-state index in [4.69, 9.17) is 4.98 Å². The van der Waals surface area contributed by atoms with Gasteiger partial charge in [0.25, 0.3) is 5.91 Å². The maximum atomic E-state index is 12.7. The molecule has 1 aromatic carbocycles. The predicted molar refractivity (Wildman–Crippen MR) is 114 cm³/mol. The van der Waals surface area contributed by atoms with E-state index in [-0.39, 0.29) is 5.91 Å². The summed E-state index contributed by atoms with van der Waals surface area (Å²) in [7, 11) is 0. The zero-order valence-electron chi connectivity index (χ0n) is 16.1. The van der Waals surface area contributed by atoms with Crippen LogP contribution in [0.4, 0.5) is 0 Å². The number of pyridine rings is 1. The van der Waals surface area contributed by atoms with Gasteiger partial charge in [0.05, 0.1) is 5.69 Å². The molecule has 0 aliphatic carbocycles. The van der Waals surface area contributed by atoms with Crippen LogP contribution in [0, 0.1) is 6.92 Å². The van der Waals surface area contributed by atoms with Crippen LogP contribution in [0.3, 0.4) is 0 Å². The minimum absolute atomic E-state index is 0.0872. The van der Waals surface area contributed by atoms with Gasteiger partial charge < -0.3 is 9.88 Å². The number of nitrogens with zero attached hydrogens (tertiary/aromatic N) is 3. The van der Waals surface area contributed by atoms with Gasteiger partial charge in [-0.2, -0.15) is 0 Å². The highest BCUT2D eigenvalue weighted by Gasteiger charge is 2.20. The number of hydrogen-bond donors (Lipinski definition) is 1. The van der Waals surface area contributed by atoms with E-state index in [1.807, 2.05) is 43.3 Å². The number of thiazole rings is 1. The van der Waals surface area contributed by atoms with Crippen LogP contribution in [-0.4, -0.2) is 20.4 Å². The Morgan fingerprint density at radius 3 is 2.71 bits per heavy atom. The zero-order chi connectivity index (χ0) is 19.7. The highest BCUT2D eigenvalue weighted by atomic mass is 32.1. The molecule has 0 bridgehead atoms. The smallest absolute Gasteiger partial charge is 0.263 e. The second-order valence-corrected chi connectivity index (χ2v) is 8.02. The van der Waals surface area contributed by atoms with Gasteiger partial charge in [0.1, 0.15) is 15.5 Å². The van der Waals surface area contributed by atoms with Crippen molar-refractivity contribution in [3.63, 3.8) is 0 Å². The van der Waals surface area contributed by atoms with Crippen molar-refractivity contribution in [2.75, 3.05) is 0 Å². The van der Waals surface area contributed by atoms with Crippen molar-refractivity contribution in [3.8, 4) is 10.6 Å². The molecular weight excluding hydrogens is 368 g/mol. The number of rotatable bonds is 5. The van der Waals surface area contributed by atoms with Gasteiger partial charge in [-0.25, -0.2) is 9.97 Å². The van der Waals surface area contributed by atoms with Crippen LogP contribution in [0.1, 0.15) is 40.8 Å². The molecule has 0 unspecified atom stereocenters. The lowest BCUT2D eigenvalue weighted by atomic mass is 10.2. The van der Waals surface area contributed by atoms with Gasteiger partial charge in [-0.3, -0.25) is 4.79 Å². The van der Waals surface area contributed by atoms with E-state index in [0.29, 0.717) is 17.5 Å².